The minimum atomic E-state index is 0.154. The van der Waals surface area contributed by atoms with Gasteiger partial charge in [0.05, 0.1) is 14.2 Å². The summed E-state index contributed by atoms with van der Waals surface area (Å²) in [5.74, 6) is 2.70. The predicted molar refractivity (Wildman–Crippen MR) is 105 cm³/mol. The van der Waals surface area contributed by atoms with E-state index in [1.54, 1.807) is 14.2 Å². The summed E-state index contributed by atoms with van der Waals surface area (Å²) in [5, 5.41) is 4.08. The molecule has 0 N–H and O–H groups in total. The molecule has 1 fully saturated rings. The molecular formula is C21H29N3O4. The van der Waals surface area contributed by atoms with Crippen molar-refractivity contribution in [2.75, 3.05) is 20.8 Å². The van der Waals surface area contributed by atoms with Crippen LogP contribution in [-0.4, -0.2) is 47.8 Å². The van der Waals surface area contributed by atoms with E-state index in [1.807, 2.05) is 23.1 Å². The van der Waals surface area contributed by atoms with Gasteiger partial charge in [0.1, 0.15) is 0 Å². The fourth-order valence-electron chi connectivity index (χ4n) is 3.70. The monoisotopic (exact) mass is 387 g/mol. The largest absolute Gasteiger partial charge is 0.493 e. The Morgan fingerprint density at radius 2 is 1.93 bits per heavy atom. The molecule has 3 rings (SSSR count). The fraction of sp³-hybridized carbons (Fsp3) is 0.571. The van der Waals surface area contributed by atoms with Crippen molar-refractivity contribution in [2.45, 2.75) is 52.0 Å². The molecule has 0 bridgehead atoms. The Hall–Kier alpha value is -2.57. The molecule has 1 aromatic carbocycles. The van der Waals surface area contributed by atoms with Crippen molar-refractivity contribution in [1.29, 1.82) is 0 Å². The predicted octanol–water partition coefficient (Wildman–Crippen LogP) is 3.72. The van der Waals surface area contributed by atoms with Crippen LogP contribution in [0, 0.1) is 5.92 Å². The topological polar surface area (TPSA) is 77.7 Å². The van der Waals surface area contributed by atoms with E-state index in [2.05, 4.69) is 24.0 Å². The van der Waals surface area contributed by atoms with E-state index in [4.69, 9.17) is 14.0 Å². The molecule has 7 nitrogen and oxygen atoms in total. The second kappa shape index (κ2) is 9.08. The molecule has 152 valence electrons. The molecular weight excluding hydrogens is 358 g/mol. The molecule has 7 heteroatoms. The number of hydrogen-bond donors (Lipinski definition) is 0. The third-order valence-electron chi connectivity index (χ3n) is 5.29. The molecule has 0 spiro atoms. The lowest BCUT2D eigenvalue weighted by Gasteiger charge is -2.29. The van der Waals surface area contributed by atoms with Crippen LogP contribution in [-0.2, 0) is 11.2 Å². The summed E-state index contributed by atoms with van der Waals surface area (Å²) in [5.41, 5.74) is 0.787. The average Bonchev–Trinajstić information content (AvgIpc) is 3.39. The van der Waals surface area contributed by atoms with Gasteiger partial charge in [-0.1, -0.05) is 18.0 Å². The minimum Gasteiger partial charge on any atom is -0.493 e. The molecule has 1 heterocycles. The Balaban J connectivity index is 1.67. The van der Waals surface area contributed by atoms with Gasteiger partial charge in [0, 0.05) is 30.5 Å². The molecule has 0 atom stereocenters. The quantitative estimate of drug-likeness (QED) is 0.687. The number of hydrogen-bond acceptors (Lipinski definition) is 6. The van der Waals surface area contributed by atoms with Crippen LogP contribution >= 0.6 is 0 Å². The van der Waals surface area contributed by atoms with E-state index in [0.29, 0.717) is 36.2 Å². The van der Waals surface area contributed by atoms with E-state index in [1.165, 1.54) is 0 Å². The summed E-state index contributed by atoms with van der Waals surface area (Å²) in [6.07, 6.45) is 4.86. The number of aromatic nitrogens is 2. The van der Waals surface area contributed by atoms with Crippen LogP contribution in [0.15, 0.2) is 22.7 Å². The molecule has 1 aliphatic carbocycles. The first-order chi connectivity index (χ1) is 13.5. The van der Waals surface area contributed by atoms with E-state index in [0.717, 1.165) is 31.2 Å². The Labute approximate surface area is 166 Å². The molecule has 1 aliphatic rings. The molecule has 1 amide bonds. The lowest BCUT2D eigenvalue weighted by Crippen LogP contribution is -2.41. The summed E-state index contributed by atoms with van der Waals surface area (Å²) < 4.78 is 16.0. The smallest absolute Gasteiger partial charge is 0.228 e. The summed E-state index contributed by atoms with van der Waals surface area (Å²) in [7, 11) is 3.18. The van der Waals surface area contributed by atoms with Crippen molar-refractivity contribution in [2.24, 2.45) is 5.92 Å². The lowest BCUT2D eigenvalue weighted by molar-refractivity contribution is -0.137. The Morgan fingerprint density at radius 1 is 1.21 bits per heavy atom. The fourth-order valence-corrected chi connectivity index (χ4v) is 3.70. The van der Waals surface area contributed by atoms with Gasteiger partial charge in [0.2, 0.25) is 17.6 Å². The Morgan fingerprint density at radius 3 is 2.57 bits per heavy atom. The maximum absolute atomic E-state index is 12.8. The summed E-state index contributed by atoms with van der Waals surface area (Å²) in [4.78, 5) is 19.2. The second-order valence-electron chi connectivity index (χ2n) is 7.44. The third kappa shape index (κ3) is 4.46. The van der Waals surface area contributed by atoms with Crippen molar-refractivity contribution in [3.8, 4) is 22.9 Å². The number of nitrogens with zero attached hydrogens (tertiary/aromatic N) is 3. The molecule has 0 unspecified atom stereocenters. The number of rotatable bonds is 8. The zero-order valence-electron chi connectivity index (χ0n) is 17.1. The average molecular weight is 387 g/mol. The maximum atomic E-state index is 12.8. The molecule has 1 aromatic heterocycles. The highest BCUT2D eigenvalue weighted by molar-refractivity contribution is 5.79. The van der Waals surface area contributed by atoms with Crippen LogP contribution in [0.1, 0.15) is 45.4 Å². The summed E-state index contributed by atoms with van der Waals surface area (Å²) >= 11 is 0. The van der Waals surface area contributed by atoms with Crippen molar-refractivity contribution in [1.82, 2.24) is 15.0 Å². The summed E-state index contributed by atoms with van der Waals surface area (Å²) in [6, 6.07) is 5.64. The van der Waals surface area contributed by atoms with Gasteiger partial charge in [-0.2, -0.15) is 4.98 Å². The Bertz CT molecular complexity index is 797. The number of amides is 1. The van der Waals surface area contributed by atoms with Crippen molar-refractivity contribution in [3.63, 3.8) is 0 Å². The highest BCUT2D eigenvalue weighted by Gasteiger charge is 2.28. The first-order valence-electron chi connectivity index (χ1n) is 9.89. The van der Waals surface area contributed by atoms with E-state index in [9.17, 15) is 4.79 Å². The van der Waals surface area contributed by atoms with Gasteiger partial charge in [-0.05, 0) is 44.9 Å². The van der Waals surface area contributed by atoms with Gasteiger partial charge in [0.25, 0.3) is 0 Å². The number of carbonyl (C=O) groups excluding carboxylic acids is 1. The van der Waals surface area contributed by atoms with Crippen LogP contribution in [0.2, 0.25) is 0 Å². The van der Waals surface area contributed by atoms with E-state index < -0.39 is 0 Å². The first kappa shape index (κ1) is 20.2. The summed E-state index contributed by atoms with van der Waals surface area (Å²) in [6.45, 7) is 4.69. The van der Waals surface area contributed by atoms with E-state index in [-0.39, 0.29) is 17.9 Å². The maximum Gasteiger partial charge on any atom is 0.228 e. The normalized spacial score (nSPS) is 14.5. The molecule has 2 aromatic rings. The van der Waals surface area contributed by atoms with Crippen molar-refractivity contribution in [3.05, 3.63) is 24.1 Å². The molecule has 0 saturated heterocycles. The standard InChI is InChI=1S/C21H29N3O4/c1-14(2)24(21(25)15-7-5-6-8-15)12-11-19-22-20(23-28-19)16-9-10-17(26-3)18(13-16)27-4/h9-10,13-15H,5-8,11-12H2,1-4H3. The van der Waals surface area contributed by atoms with Gasteiger partial charge in [-0.3, -0.25) is 4.79 Å². The van der Waals surface area contributed by atoms with Crippen LogP contribution in [0.25, 0.3) is 11.4 Å². The lowest BCUT2D eigenvalue weighted by atomic mass is 10.1. The number of benzene rings is 1. The minimum absolute atomic E-state index is 0.154. The number of methoxy groups -OCH3 is 2. The van der Waals surface area contributed by atoms with Crippen LogP contribution in [0.5, 0.6) is 11.5 Å². The zero-order valence-corrected chi connectivity index (χ0v) is 17.1. The van der Waals surface area contributed by atoms with Crippen LogP contribution in [0.3, 0.4) is 0 Å². The highest BCUT2D eigenvalue weighted by Crippen LogP contribution is 2.31. The van der Waals surface area contributed by atoms with Crippen molar-refractivity contribution < 1.29 is 18.8 Å². The first-order valence-corrected chi connectivity index (χ1v) is 9.89. The van der Waals surface area contributed by atoms with Crippen LogP contribution < -0.4 is 9.47 Å². The van der Waals surface area contributed by atoms with Crippen LogP contribution in [0.4, 0.5) is 0 Å². The number of carbonyl (C=O) groups is 1. The van der Waals surface area contributed by atoms with Gasteiger partial charge < -0.3 is 18.9 Å². The van der Waals surface area contributed by atoms with Crippen molar-refractivity contribution >= 4 is 5.91 Å². The number of ether oxygens (including phenoxy) is 2. The zero-order chi connectivity index (χ0) is 20.1. The second-order valence-corrected chi connectivity index (χ2v) is 7.44. The molecule has 0 aliphatic heterocycles. The SMILES string of the molecule is COc1ccc(-c2noc(CCN(C(=O)C3CCCC3)C(C)C)n2)cc1OC. The Kier molecular flexibility index (Phi) is 6.54. The molecule has 0 radical (unpaired) electrons. The van der Waals surface area contributed by atoms with Gasteiger partial charge >= 0.3 is 0 Å². The van der Waals surface area contributed by atoms with Gasteiger partial charge in [-0.25, -0.2) is 0 Å². The molecule has 28 heavy (non-hydrogen) atoms. The third-order valence-corrected chi connectivity index (χ3v) is 5.29. The van der Waals surface area contributed by atoms with Gasteiger partial charge in [0.15, 0.2) is 11.5 Å². The van der Waals surface area contributed by atoms with E-state index >= 15 is 0 Å². The van der Waals surface area contributed by atoms with Gasteiger partial charge in [-0.15, -0.1) is 0 Å². The molecule has 1 saturated carbocycles. The highest BCUT2D eigenvalue weighted by atomic mass is 16.5.